The lowest BCUT2D eigenvalue weighted by Gasteiger charge is -2.32. The Bertz CT molecular complexity index is 823. The van der Waals surface area contributed by atoms with Crippen molar-refractivity contribution >= 4 is 52.4 Å². The van der Waals surface area contributed by atoms with Gasteiger partial charge in [0.25, 0.3) is 0 Å². The van der Waals surface area contributed by atoms with Crippen molar-refractivity contribution in [3.63, 3.8) is 0 Å². The van der Waals surface area contributed by atoms with Crippen molar-refractivity contribution in [1.29, 1.82) is 0 Å². The number of nitrogens with zero attached hydrogens (tertiary/aromatic N) is 1. The van der Waals surface area contributed by atoms with Crippen molar-refractivity contribution in [2.24, 2.45) is 0 Å². The first-order valence-corrected chi connectivity index (χ1v) is 10.0. The summed E-state index contributed by atoms with van der Waals surface area (Å²) in [6.07, 6.45) is 1.53. The first-order valence-electron chi connectivity index (χ1n) is 8.51. The molecular formula is C19H18Cl4N2O2. The minimum absolute atomic E-state index is 0.0389. The smallest absolute Gasteiger partial charge is 0.317 e. The van der Waals surface area contributed by atoms with E-state index >= 15 is 0 Å². The Balaban J connectivity index is 1.46. The number of piperidine rings is 1. The molecule has 0 bridgehead atoms. The average Bonchev–Trinajstić information content (AvgIpc) is 2.64. The van der Waals surface area contributed by atoms with Gasteiger partial charge in [-0.2, -0.15) is 0 Å². The van der Waals surface area contributed by atoms with E-state index in [1.165, 1.54) is 0 Å². The topological polar surface area (TPSA) is 41.6 Å². The number of rotatable bonds is 4. The number of urea groups is 1. The van der Waals surface area contributed by atoms with Crippen molar-refractivity contribution in [3.8, 4) is 5.75 Å². The van der Waals surface area contributed by atoms with Crippen LogP contribution in [0.2, 0.25) is 20.1 Å². The van der Waals surface area contributed by atoms with Crippen molar-refractivity contribution in [2.45, 2.75) is 25.5 Å². The fourth-order valence-electron chi connectivity index (χ4n) is 2.87. The minimum Gasteiger partial charge on any atom is -0.490 e. The summed E-state index contributed by atoms with van der Waals surface area (Å²) in [5, 5.41) is 4.96. The molecule has 0 unspecified atom stereocenters. The number of halogens is 4. The molecule has 0 atom stereocenters. The Hall–Kier alpha value is -1.33. The molecule has 4 nitrogen and oxygen atoms in total. The Morgan fingerprint density at radius 3 is 2.41 bits per heavy atom. The average molecular weight is 448 g/mol. The molecule has 3 rings (SSSR count). The van der Waals surface area contributed by atoms with Crippen molar-refractivity contribution < 1.29 is 9.53 Å². The van der Waals surface area contributed by atoms with Crippen LogP contribution >= 0.6 is 46.4 Å². The molecule has 8 heteroatoms. The highest BCUT2D eigenvalue weighted by molar-refractivity contribution is 6.42. The normalized spacial score (nSPS) is 14.9. The summed E-state index contributed by atoms with van der Waals surface area (Å²) in [5.74, 6) is 0.685. The van der Waals surface area contributed by atoms with Gasteiger partial charge in [-0.05, 0) is 29.8 Å². The van der Waals surface area contributed by atoms with Crippen LogP contribution < -0.4 is 10.1 Å². The lowest BCUT2D eigenvalue weighted by atomic mass is 10.1. The number of carbonyl (C=O) groups excluding carboxylic acids is 1. The van der Waals surface area contributed by atoms with E-state index in [0.29, 0.717) is 45.5 Å². The van der Waals surface area contributed by atoms with Crippen LogP contribution in [0.4, 0.5) is 4.79 Å². The third-order valence-electron chi connectivity index (χ3n) is 4.37. The van der Waals surface area contributed by atoms with Crippen molar-refractivity contribution in [3.05, 3.63) is 62.1 Å². The summed E-state index contributed by atoms with van der Waals surface area (Å²) in [5.41, 5.74) is 0.826. The number of amides is 2. The maximum atomic E-state index is 12.4. The fourth-order valence-corrected chi connectivity index (χ4v) is 3.63. The van der Waals surface area contributed by atoms with Gasteiger partial charge in [-0.25, -0.2) is 4.79 Å². The quantitative estimate of drug-likeness (QED) is 0.619. The molecule has 1 N–H and O–H groups in total. The molecule has 27 heavy (non-hydrogen) atoms. The van der Waals surface area contributed by atoms with E-state index in [1.54, 1.807) is 35.2 Å². The predicted octanol–water partition coefficient (Wildman–Crippen LogP) is 6.05. The number of benzene rings is 2. The highest BCUT2D eigenvalue weighted by atomic mass is 35.5. The molecule has 1 aliphatic rings. The lowest BCUT2D eigenvalue weighted by molar-refractivity contribution is 0.111. The maximum Gasteiger partial charge on any atom is 0.317 e. The second-order valence-electron chi connectivity index (χ2n) is 6.27. The standard InChI is InChI=1S/C19H18Cl4N2O2/c20-13-2-1-12(17(22)9-13)11-24-19(26)25-7-5-14(6-8-25)27-15-3-4-16(21)18(23)10-15/h1-4,9-10,14H,5-8,11H2,(H,24,26). The second-order valence-corrected chi connectivity index (χ2v) is 7.93. The minimum atomic E-state index is -0.117. The molecule has 0 radical (unpaired) electrons. The third-order valence-corrected chi connectivity index (χ3v) is 5.69. The van der Waals surface area contributed by atoms with Gasteiger partial charge >= 0.3 is 6.03 Å². The Morgan fingerprint density at radius 1 is 1.00 bits per heavy atom. The summed E-state index contributed by atoms with van der Waals surface area (Å²) in [4.78, 5) is 14.1. The lowest BCUT2D eigenvalue weighted by Crippen LogP contribution is -2.46. The van der Waals surface area contributed by atoms with Gasteiger partial charge in [0.15, 0.2) is 0 Å². The summed E-state index contributed by atoms with van der Waals surface area (Å²) in [7, 11) is 0. The van der Waals surface area contributed by atoms with E-state index in [1.807, 2.05) is 6.07 Å². The van der Waals surface area contributed by atoms with Crippen LogP contribution in [-0.4, -0.2) is 30.1 Å². The molecule has 1 heterocycles. The molecule has 1 fully saturated rings. The van der Waals surface area contributed by atoms with E-state index in [9.17, 15) is 4.79 Å². The van der Waals surface area contributed by atoms with Crippen LogP contribution in [0.3, 0.4) is 0 Å². The van der Waals surface area contributed by atoms with E-state index in [0.717, 1.165) is 18.4 Å². The molecule has 2 aromatic rings. The van der Waals surface area contributed by atoms with Crippen LogP contribution in [0, 0.1) is 0 Å². The van der Waals surface area contributed by atoms with E-state index < -0.39 is 0 Å². The highest BCUT2D eigenvalue weighted by Gasteiger charge is 2.24. The highest BCUT2D eigenvalue weighted by Crippen LogP contribution is 2.28. The number of likely N-dealkylation sites (tertiary alicyclic amines) is 1. The maximum absolute atomic E-state index is 12.4. The third kappa shape index (κ3) is 5.58. The Kier molecular flexibility index (Phi) is 6.99. The predicted molar refractivity (Wildman–Crippen MR) is 110 cm³/mol. The van der Waals surface area contributed by atoms with Gasteiger partial charge in [0.2, 0.25) is 0 Å². The van der Waals surface area contributed by atoms with Gasteiger partial charge < -0.3 is 15.0 Å². The van der Waals surface area contributed by atoms with Crippen LogP contribution in [0.5, 0.6) is 5.75 Å². The summed E-state index contributed by atoms with van der Waals surface area (Å²) in [6, 6.07) is 10.3. The van der Waals surface area contributed by atoms with Crippen molar-refractivity contribution in [1.82, 2.24) is 10.2 Å². The number of hydrogen-bond donors (Lipinski definition) is 1. The molecular weight excluding hydrogens is 430 g/mol. The number of hydrogen-bond acceptors (Lipinski definition) is 2. The molecule has 0 spiro atoms. The van der Waals surface area contributed by atoms with E-state index in [4.69, 9.17) is 51.1 Å². The van der Waals surface area contributed by atoms with Gasteiger partial charge in [0.05, 0.1) is 10.0 Å². The molecule has 144 valence electrons. The van der Waals surface area contributed by atoms with Gasteiger partial charge in [0, 0.05) is 48.6 Å². The summed E-state index contributed by atoms with van der Waals surface area (Å²) < 4.78 is 5.94. The van der Waals surface area contributed by atoms with Crippen LogP contribution in [0.15, 0.2) is 36.4 Å². The first kappa shape index (κ1) is 20.4. The molecule has 1 aliphatic heterocycles. The van der Waals surface area contributed by atoms with Gasteiger partial charge in [-0.3, -0.25) is 0 Å². The number of carbonyl (C=O) groups is 1. The van der Waals surface area contributed by atoms with Crippen LogP contribution in [-0.2, 0) is 6.54 Å². The van der Waals surface area contributed by atoms with E-state index in [-0.39, 0.29) is 12.1 Å². The fraction of sp³-hybridized carbons (Fsp3) is 0.316. The Morgan fingerprint density at radius 2 is 1.74 bits per heavy atom. The molecule has 2 amide bonds. The largest absolute Gasteiger partial charge is 0.490 e. The summed E-state index contributed by atoms with van der Waals surface area (Å²) >= 11 is 23.9. The summed E-state index contributed by atoms with van der Waals surface area (Å²) in [6.45, 7) is 1.59. The molecule has 0 aromatic heterocycles. The van der Waals surface area contributed by atoms with Gasteiger partial charge in [-0.1, -0.05) is 52.5 Å². The number of nitrogens with one attached hydrogen (secondary N) is 1. The monoisotopic (exact) mass is 446 g/mol. The van der Waals surface area contributed by atoms with Crippen molar-refractivity contribution in [2.75, 3.05) is 13.1 Å². The molecule has 1 saturated heterocycles. The zero-order valence-electron chi connectivity index (χ0n) is 14.4. The van der Waals surface area contributed by atoms with Gasteiger partial charge in [0.1, 0.15) is 11.9 Å². The number of ether oxygens (including phenoxy) is 1. The molecule has 0 saturated carbocycles. The SMILES string of the molecule is O=C(NCc1ccc(Cl)cc1Cl)N1CCC(Oc2ccc(Cl)c(Cl)c2)CC1. The first-order chi connectivity index (χ1) is 12.9. The van der Waals surface area contributed by atoms with Gasteiger partial charge in [-0.15, -0.1) is 0 Å². The molecule has 2 aromatic carbocycles. The Labute approximate surface area is 178 Å². The van der Waals surface area contributed by atoms with Crippen LogP contribution in [0.1, 0.15) is 18.4 Å². The van der Waals surface area contributed by atoms with Crippen LogP contribution in [0.25, 0.3) is 0 Å². The zero-order valence-corrected chi connectivity index (χ0v) is 17.4. The van der Waals surface area contributed by atoms with E-state index in [2.05, 4.69) is 5.32 Å². The zero-order chi connectivity index (χ0) is 19.4. The molecule has 0 aliphatic carbocycles. The second kappa shape index (κ2) is 9.24.